The van der Waals surface area contributed by atoms with Crippen molar-refractivity contribution < 1.29 is 9.53 Å². The summed E-state index contributed by atoms with van der Waals surface area (Å²) in [7, 11) is 0. The highest BCUT2D eigenvalue weighted by atomic mass is 32.2. The van der Waals surface area contributed by atoms with Gasteiger partial charge in [-0.25, -0.2) is 0 Å². The summed E-state index contributed by atoms with van der Waals surface area (Å²) < 4.78 is 5.79. The fraction of sp³-hybridized carbons (Fsp3) is 0.125. The van der Waals surface area contributed by atoms with Gasteiger partial charge in [0.1, 0.15) is 11.5 Å². The molecule has 2 aromatic carbocycles. The van der Waals surface area contributed by atoms with Crippen LogP contribution in [0.25, 0.3) is 0 Å². The van der Waals surface area contributed by atoms with Gasteiger partial charge in [-0.2, -0.15) is 0 Å². The van der Waals surface area contributed by atoms with Gasteiger partial charge in [0.2, 0.25) is 0 Å². The van der Waals surface area contributed by atoms with Crippen molar-refractivity contribution in [1.29, 1.82) is 0 Å². The number of ether oxygens (including phenoxy) is 1. The monoisotopic (exact) mass is 298 g/mol. The highest BCUT2D eigenvalue weighted by Gasteiger charge is 2.16. The van der Waals surface area contributed by atoms with Crippen molar-refractivity contribution in [1.82, 2.24) is 5.32 Å². The quantitative estimate of drug-likeness (QED) is 0.945. The largest absolute Gasteiger partial charge is 0.457 e. The summed E-state index contributed by atoms with van der Waals surface area (Å²) in [6, 6.07) is 16.6. The minimum atomic E-state index is -0.199. The maximum Gasteiger partial charge on any atom is 0.260 e. The Labute approximate surface area is 127 Å². The number of amides is 1. The minimum Gasteiger partial charge on any atom is -0.457 e. The average Bonchev–Trinajstić information content (AvgIpc) is 3.02. The lowest BCUT2D eigenvalue weighted by Crippen LogP contribution is -2.27. The van der Waals surface area contributed by atoms with E-state index in [4.69, 9.17) is 4.74 Å². The molecule has 0 saturated heterocycles. The predicted molar refractivity (Wildman–Crippen MR) is 85.2 cm³/mol. The van der Waals surface area contributed by atoms with Crippen molar-refractivity contribution in [3.05, 3.63) is 60.2 Å². The molecule has 0 saturated carbocycles. The summed E-state index contributed by atoms with van der Waals surface area (Å²) >= 11 is 1.55. The second kappa shape index (κ2) is 6.45. The highest BCUT2D eigenvalue weighted by Crippen LogP contribution is 2.25. The molecule has 1 aliphatic heterocycles. The molecule has 0 aliphatic carbocycles. The van der Waals surface area contributed by atoms with E-state index in [-0.39, 0.29) is 5.91 Å². The number of thioether (sulfide) groups is 1. The highest BCUT2D eigenvalue weighted by molar-refractivity contribution is 8.14. The molecule has 0 bridgehead atoms. The summed E-state index contributed by atoms with van der Waals surface area (Å²) in [5.41, 5.74) is 0.497. The van der Waals surface area contributed by atoms with E-state index in [0.717, 1.165) is 12.3 Å². The first-order chi connectivity index (χ1) is 10.3. The molecule has 1 heterocycles. The second-order valence-corrected chi connectivity index (χ2v) is 5.48. The van der Waals surface area contributed by atoms with Gasteiger partial charge in [-0.3, -0.25) is 9.79 Å². The molecule has 1 N–H and O–H groups in total. The Kier molecular flexibility index (Phi) is 4.21. The Morgan fingerprint density at radius 2 is 1.86 bits per heavy atom. The van der Waals surface area contributed by atoms with Gasteiger partial charge in [-0.15, -0.1) is 0 Å². The van der Waals surface area contributed by atoms with E-state index in [2.05, 4.69) is 10.3 Å². The van der Waals surface area contributed by atoms with Gasteiger partial charge in [0, 0.05) is 5.75 Å². The molecule has 1 amide bonds. The molecular weight excluding hydrogens is 284 g/mol. The van der Waals surface area contributed by atoms with Crippen LogP contribution in [0.15, 0.2) is 59.6 Å². The van der Waals surface area contributed by atoms with Crippen LogP contribution in [0.5, 0.6) is 11.5 Å². The van der Waals surface area contributed by atoms with Crippen molar-refractivity contribution in [2.45, 2.75) is 0 Å². The zero-order valence-corrected chi connectivity index (χ0v) is 12.1. The molecule has 0 aromatic heterocycles. The smallest absolute Gasteiger partial charge is 0.260 e. The minimum absolute atomic E-state index is 0.199. The number of carbonyl (C=O) groups is 1. The number of para-hydroxylation sites is 2. The Morgan fingerprint density at radius 3 is 2.62 bits per heavy atom. The molecule has 5 heteroatoms. The first kappa shape index (κ1) is 13.7. The molecule has 0 radical (unpaired) electrons. The van der Waals surface area contributed by atoms with E-state index in [1.54, 1.807) is 23.9 Å². The number of aliphatic imine (C=N–C) groups is 1. The van der Waals surface area contributed by atoms with Crippen LogP contribution < -0.4 is 10.1 Å². The number of hydrogen-bond acceptors (Lipinski definition) is 4. The molecule has 2 aromatic rings. The summed E-state index contributed by atoms with van der Waals surface area (Å²) in [6.45, 7) is 0.752. The van der Waals surface area contributed by atoms with Crippen molar-refractivity contribution in [3.63, 3.8) is 0 Å². The first-order valence-electron chi connectivity index (χ1n) is 6.63. The van der Waals surface area contributed by atoms with E-state index in [1.165, 1.54) is 0 Å². The third kappa shape index (κ3) is 3.44. The molecule has 3 rings (SSSR count). The standard InChI is InChI=1S/C16H14N2O2S/c19-15(18-16-17-10-11-21-16)13-8-4-5-9-14(13)20-12-6-2-1-3-7-12/h1-9H,10-11H2,(H,17,18,19). The Morgan fingerprint density at radius 1 is 1.10 bits per heavy atom. The summed E-state index contributed by atoms with van der Waals surface area (Å²) in [5, 5.41) is 3.49. The molecule has 106 valence electrons. The first-order valence-corrected chi connectivity index (χ1v) is 7.62. The molecule has 21 heavy (non-hydrogen) atoms. The van der Waals surface area contributed by atoms with E-state index >= 15 is 0 Å². The summed E-state index contributed by atoms with van der Waals surface area (Å²) in [5.74, 6) is 1.95. The molecule has 0 spiro atoms. The number of nitrogens with zero attached hydrogens (tertiary/aromatic N) is 1. The maximum atomic E-state index is 12.3. The number of nitrogens with one attached hydrogen (secondary N) is 1. The third-order valence-electron chi connectivity index (χ3n) is 2.91. The third-order valence-corrected chi connectivity index (χ3v) is 3.80. The lowest BCUT2D eigenvalue weighted by atomic mass is 10.2. The van der Waals surface area contributed by atoms with Gasteiger partial charge in [-0.1, -0.05) is 42.1 Å². The SMILES string of the molecule is O=C(NC1=NCCS1)c1ccccc1Oc1ccccc1. The Balaban J connectivity index is 1.80. The fourth-order valence-electron chi connectivity index (χ4n) is 1.93. The van der Waals surface area contributed by atoms with E-state index in [1.807, 2.05) is 42.5 Å². The number of hydrogen-bond donors (Lipinski definition) is 1. The van der Waals surface area contributed by atoms with Gasteiger partial charge in [0.05, 0.1) is 12.1 Å². The van der Waals surface area contributed by atoms with Crippen LogP contribution in [-0.2, 0) is 0 Å². The van der Waals surface area contributed by atoms with Crippen LogP contribution in [0, 0.1) is 0 Å². The van der Waals surface area contributed by atoms with E-state index in [9.17, 15) is 4.79 Å². The number of amidine groups is 1. The molecule has 0 unspecified atom stereocenters. The lowest BCUT2D eigenvalue weighted by Gasteiger charge is -2.11. The van der Waals surface area contributed by atoms with Crippen LogP contribution in [-0.4, -0.2) is 23.4 Å². The van der Waals surface area contributed by atoms with E-state index < -0.39 is 0 Å². The van der Waals surface area contributed by atoms with Crippen LogP contribution in [0.2, 0.25) is 0 Å². The molecule has 0 atom stereocenters. The van der Waals surface area contributed by atoms with Crippen molar-refractivity contribution in [3.8, 4) is 11.5 Å². The van der Waals surface area contributed by atoms with Crippen LogP contribution in [0.3, 0.4) is 0 Å². The van der Waals surface area contributed by atoms with Gasteiger partial charge in [0.15, 0.2) is 5.17 Å². The van der Waals surface area contributed by atoms with Crippen molar-refractivity contribution in [2.24, 2.45) is 4.99 Å². The average molecular weight is 298 g/mol. The number of rotatable bonds is 3. The van der Waals surface area contributed by atoms with Gasteiger partial charge >= 0.3 is 0 Å². The molecule has 4 nitrogen and oxygen atoms in total. The normalized spacial score (nSPS) is 13.6. The number of benzene rings is 2. The summed E-state index contributed by atoms with van der Waals surface area (Å²) in [4.78, 5) is 16.5. The second-order valence-electron chi connectivity index (χ2n) is 4.40. The van der Waals surface area contributed by atoms with Crippen LogP contribution in [0.4, 0.5) is 0 Å². The van der Waals surface area contributed by atoms with Gasteiger partial charge in [-0.05, 0) is 24.3 Å². The van der Waals surface area contributed by atoms with Crippen molar-refractivity contribution >= 4 is 22.8 Å². The van der Waals surface area contributed by atoms with Crippen LogP contribution >= 0.6 is 11.8 Å². The maximum absolute atomic E-state index is 12.3. The predicted octanol–water partition coefficient (Wildman–Crippen LogP) is 3.31. The van der Waals surface area contributed by atoms with E-state index in [0.29, 0.717) is 22.2 Å². The Bertz CT molecular complexity index is 671. The lowest BCUT2D eigenvalue weighted by molar-refractivity contribution is 0.0975. The molecular formula is C16H14N2O2S. The van der Waals surface area contributed by atoms with Crippen molar-refractivity contribution in [2.75, 3.05) is 12.3 Å². The zero-order chi connectivity index (χ0) is 14.5. The zero-order valence-electron chi connectivity index (χ0n) is 11.3. The topological polar surface area (TPSA) is 50.7 Å². The molecule has 1 aliphatic rings. The fourth-order valence-corrected chi connectivity index (χ4v) is 2.66. The van der Waals surface area contributed by atoms with Gasteiger partial charge < -0.3 is 10.1 Å². The Hall–Kier alpha value is -2.27. The van der Waals surface area contributed by atoms with Gasteiger partial charge in [0.25, 0.3) is 5.91 Å². The van der Waals surface area contributed by atoms with Crippen LogP contribution in [0.1, 0.15) is 10.4 Å². The summed E-state index contributed by atoms with van der Waals surface area (Å²) in [6.07, 6.45) is 0. The number of carbonyl (C=O) groups excluding carboxylic acids is 1. The molecule has 0 fully saturated rings.